The molecule has 4 amide bonds. The van der Waals surface area contributed by atoms with Gasteiger partial charge in [0, 0.05) is 0 Å². The summed E-state index contributed by atoms with van der Waals surface area (Å²) in [5.74, 6) is -0.349. The molecule has 0 atom stereocenters. The molecule has 0 aliphatic carbocycles. The average Bonchev–Trinajstić information content (AvgIpc) is 2.67. The standard InChI is InChI=1S/C22H22N2O4/c1-4-28-18-11-9-17(10-12-18)24-21(26)19(20(25)23-22(24)27)13-15-5-7-16(8-6-15)14(2)3/h5-14H,4H2,1-3H3,(H,23,25,27). The zero-order chi connectivity index (χ0) is 20.3. The minimum Gasteiger partial charge on any atom is -0.494 e. The maximum absolute atomic E-state index is 12.9. The van der Waals surface area contributed by atoms with Crippen LogP contribution < -0.4 is 15.0 Å². The van der Waals surface area contributed by atoms with E-state index in [1.165, 1.54) is 6.08 Å². The fourth-order valence-corrected chi connectivity index (χ4v) is 2.89. The third kappa shape index (κ3) is 3.96. The average molecular weight is 378 g/mol. The molecule has 144 valence electrons. The van der Waals surface area contributed by atoms with Gasteiger partial charge in [0.1, 0.15) is 11.3 Å². The Morgan fingerprint density at radius 1 is 1.00 bits per heavy atom. The van der Waals surface area contributed by atoms with Gasteiger partial charge in [-0.15, -0.1) is 0 Å². The zero-order valence-electron chi connectivity index (χ0n) is 16.1. The summed E-state index contributed by atoms with van der Waals surface area (Å²) in [5, 5.41) is 2.23. The highest BCUT2D eigenvalue weighted by Gasteiger charge is 2.36. The van der Waals surface area contributed by atoms with E-state index in [0.29, 0.717) is 29.5 Å². The second kappa shape index (κ2) is 8.08. The number of hydrogen-bond donors (Lipinski definition) is 1. The molecule has 0 unspecified atom stereocenters. The topological polar surface area (TPSA) is 75.7 Å². The number of barbiturate groups is 1. The van der Waals surface area contributed by atoms with Crippen molar-refractivity contribution in [3.63, 3.8) is 0 Å². The molecule has 0 bridgehead atoms. The lowest BCUT2D eigenvalue weighted by molar-refractivity contribution is -0.122. The molecule has 1 N–H and O–H groups in total. The summed E-state index contributed by atoms with van der Waals surface area (Å²) in [6.45, 7) is 6.56. The summed E-state index contributed by atoms with van der Waals surface area (Å²) < 4.78 is 5.38. The SMILES string of the molecule is CCOc1ccc(N2C(=O)NC(=O)C(=Cc3ccc(C(C)C)cc3)C2=O)cc1. The number of carbonyl (C=O) groups excluding carboxylic acids is 3. The van der Waals surface area contributed by atoms with Crippen LogP contribution >= 0.6 is 0 Å². The van der Waals surface area contributed by atoms with E-state index in [-0.39, 0.29) is 5.57 Å². The van der Waals surface area contributed by atoms with Crippen LogP contribution in [0.5, 0.6) is 5.75 Å². The number of hydrogen-bond acceptors (Lipinski definition) is 4. The number of nitrogens with one attached hydrogen (secondary N) is 1. The molecule has 6 heteroatoms. The fourth-order valence-electron chi connectivity index (χ4n) is 2.89. The first-order valence-corrected chi connectivity index (χ1v) is 9.15. The van der Waals surface area contributed by atoms with Crippen molar-refractivity contribution in [1.82, 2.24) is 5.32 Å². The highest BCUT2D eigenvalue weighted by Crippen LogP contribution is 2.24. The van der Waals surface area contributed by atoms with Gasteiger partial charge in [0.2, 0.25) is 0 Å². The molecule has 1 aliphatic rings. The van der Waals surface area contributed by atoms with Crippen LogP contribution in [0.2, 0.25) is 0 Å². The third-order valence-electron chi connectivity index (χ3n) is 4.42. The first-order chi connectivity index (χ1) is 13.4. The molecule has 0 radical (unpaired) electrons. The largest absolute Gasteiger partial charge is 0.494 e. The molecule has 2 aromatic carbocycles. The van der Waals surface area contributed by atoms with E-state index < -0.39 is 17.8 Å². The smallest absolute Gasteiger partial charge is 0.335 e. The number of urea groups is 1. The summed E-state index contributed by atoms with van der Waals surface area (Å²) in [4.78, 5) is 38.3. The van der Waals surface area contributed by atoms with Crippen LogP contribution in [-0.2, 0) is 9.59 Å². The third-order valence-corrected chi connectivity index (χ3v) is 4.42. The van der Waals surface area contributed by atoms with Gasteiger partial charge in [-0.2, -0.15) is 0 Å². The molecule has 2 aromatic rings. The van der Waals surface area contributed by atoms with Crippen LogP contribution in [0.3, 0.4) is 0 Å². The van der Waals surface area contributed by atoms with Crippen molar-refractivity contribution in [2.75, 3.05) is 11.5 Å². The van der Waals surface area contributed by atoms with E-state index in [2.05, 4.69) is 19.2 Å². The number of imide groups is 2. The molecular weight excluding hydrogens is 356 g/mol. The molecular formula is C22H22N2O4. The van der Waals surface area contributed by atoms with E-state index in [4.69, 9.17) is 4.74 Å². The Bertz CT molecular complexity index is 928. The molecule has 0 aromatic heterocycles. The predicted molar refractivity (Wildman–Crippen MR) is 107 cm³/mol. The van der Waals surface area contributed by atoms with E-state index >= 15 is 0 Å². The van der Waals surface area contributed by atoms with Crippen LogP contribution in [0.1, 0.15) is 37.8 Å². The van der Waals surface area contributed by atoms with Gasteiger partial charge in [-0.3, -0.25) is 14.9 Å². The Kier molecular flexibility index (Phi) is 5.59. The highest BCUT2D eigenvalue weighted by molar-refractivity contribution is 6.39. The number of anilines is 1. The van der Waals surface area contributed by atoms with E-state index in [1.54, 1.807) is 24.3 Å². The number of benzene rings is 2. The van der Waals surface area contributed by atoms with E-state index in [0.717, 1.165) is 10.5 Å². The van der Waals surface area contributed by atoms with Crippen molar-refractivity contribution in [2.45, 2.75) is 26.7 Å². The number of ether oxygens (including phenoxy) is 1. The molecule has 1 aliphatic heterocycles. The van der Waals surface area contributed by atoms with Crippen LogP contribution in [0, 0.1) is 0 Å². The lowest BCUT2D eigenvalue weighted by Gasteiger charge is -2.26. The van der Waals surface area contributed by atoms with Gasteiger partial charge < -0.3 is 4.74 Å². The second-order valence-corrected chi connectivity index (χ2v) is 6.71. The monoisotopic (exact) mass is 378 g/mol. The summed E-state index contributed by atoms with van der Waals surface area (Å²) in [6.07, 6.45) is 1.50. The Hall–Kier alpha value is -3.41. The first kappa shape index (κ1) is 19.4. The second-order valence-electron chi connectivity index (χ2n) is 6.71. The first-order valence-electron chi connectivity index (χ1n) is 9.15. The molecule has 3 rings (SSSR count). The van der Waals surface area contributed by atoms with Crippen molar-refractivity contribution in [3.05, 3.63) is 65.2 Å². The van der Waals surface area contributed by atoms with Crippen molar-refractivity contribution < 1.29 is 19.1 Å². The molecule has 0 spiro atoms. The van der Waals surface area contributed by atoms with Crippen molar-refractivity contribution in [3.8, 4) is 5.75 Å². The lowest BCUT2D eigenvalue weighted by Crippen LogP contribution is -2.54. The number of carbonyl (C=O) groups is 3. The van der Waals surface area contributed by atoms with Crippen LogP contribution in [-0.4, -0.2) is 24.5 Å². The maximum atomic E-state index is 12.9. The van der Waals surface area contributed by atoms with E-state index in [1.807, 2.05) is 31.2 Å². The van der Waals surface area contributed by atoms with Crippen molar-refractivity contribution in [1.29, 1.82) is 0 Å². The van der Waals surface area contributed by atoms with Crippen LogP contribution in [0.25, 0.3) is 6.08 Å². The van der Waals surface area contributed by atoms with Gasteiger partial charge in [-0.1, -0.05) is 38.1 Å². The van der Waals surface area contributed by atoms with Crippen LogP contribution in [0.4, 0.5) is 10.5 Å². The summed E-state index contributed by atoms with van der Waals surface area (Å²) in [6, 6.07) is 13.4. The summed E-state index contributed by atoms with van der Waals surface area (Å²) >= 11 is 0. The Morgan fingerprint density at radius 2 is 1.64 bits per heavy atom. The number of rotatable bonds is 5. The van der Waals surface area contributed by atoms with Gasteiger partial charge in [-0.05, 0) is 54.3 Å². The maximum Gasteiger partial charge on any atom is 0.335 e. The number of nitrogens with zero attached hydrogens (tertiary/aromatic N) is 1. The fraction of sp³-hybridized carbons (Fsp3) is 0.227. The number of amides is 4. The molecule has 1 saturated heterocycles. The Morgan fingerprint density at radius 3 is 2.21 bits per heavy atom. The van der Waals surface area contributed by atoms with Gasteiger partial charge in [0.25, 0.3) is 11.8 Å². The van der Waals surface area contributed by atoms with Gasteiger partial charge >= 0.3 is 6.03 Å². The van der Waals surface area contributed by atoms with Crippen molar-refractivity contribution in [2.24, 2.45) is 0 Å². The summed E-state index contributed by atoms with van der Waals surface area (Å²) in [5.41, 5.74) is 2.14. The van der Waals surface area contributed by atoms with Crippen LogP contribution in [0.15, 0.2) is 54.1 Å². The van der Waals surface area contributed by atoms with Gasteiger partial charge in [0.05, 0.1) is 12.3 Å². The summed E-state index contributed by atoms with van der Waals surface area (Å²) in [7, 11) is 0. The minimum absolute atomic E-state index is 0.0919. The highest BCUT2D eigenvalue weighted by atomic mass is 16.5. The normalized spacial score (nSPS) is 15.9. The molecule has 1 heterocycles. The van der Waals surface area contributed by atoms with Crippen molar-refractivity contribution >= 4 is 29.6 Å². The van der Waals surface area contributed by atoms with E-state index in [9.17, 15) is 14.4 Å². The minimum atomic E-state index is -0.772. The molecule has 0 saturated carbocycles. The zero-order valence-corrected chi connectivity index (χ0v) is 16.1. The van der Waals surface area contributed by atoms with Gasteiger partial charge in [-0.25, -0.2) is 9.69 Å². The Labute approximate surface area is 163 Å². The van der Waals surface area contributed by atoms with Gasteiger partial charge in [0.15, 0.2) is 0 Å². The predicted octanol–water partition coefficient (Wildman–Crippen LogP) is 3.88. The Balaban J connectivity index is 1.91. The molecule has 28 heavy (non-hydrogen) atoms. The molecule has 6 nitrogen and oxygen atoms in total. The lowest BCUT2D eigenvalue weighted by atomic mass is 10.0. The molecule has 1 fully saturated rings. The quantitative estimate of drug-likeness (QED) is 0.633.